The lowest BCUT2D eigenvalue weighted by atomic mass is 9.93. The van der Waals surface area contributed by atoms with Crippen molar-refractivity contribution in [3.63, 3.8) is 0 Å². The number of benzene rings is 2. The van der Waals surface area contributed by atoms with E-state index in [4.69, 9.17) is 9.47 Å². The van der Waals surface area contributed by atoms with Crippen molar-refractivity contribution in [2.75, 3.05) is 14.2 Å². The van der Waals surface area contributed by atoms with Gasteiger partial charge in [-0.05, 0) is 24.1 Å². The van der Waals surface area contributed by atoms with Crippen LogP contribution in [0.4, 0.5) is 0 Å². The van der Waals surface area contributed by atoms with E-state index < -0.39 is 5.97 Å². The summed E-state index contributed by atoms with van der Waals surface area (Å²) in [6.45, 7) is 1.87. The molecule has 0 saturated carbocycles. The lowest BCUT2D eigenvalue weighted by Gasteiger charge is -2.15. The van der Waals surface area contributed by atoms with Gasteiger partial charge in [-0.3, -0.25) is 0 Å². The summed E-state index contributed by atoms with van der Waals surface area (Å²) in [7, 11) is 2.79. The number of aromatic hydroxyl groups is 1. The van der Waals surface area contributed by atoms with Gasteiger partial charge in [0.2, 0.25) is 0 Å². The molecule has 0 unspecified atom stereocenters. The van der Waals surface area contributed by atoms with Crippen LogP contribution in [-0.2, 0) is 4.74 Å². The van der Waals surface area contributed by atoms with Gasteiger partial charge in [-0.1, -0.05) is 36.4 Å². The Kier molecular flexibility index (Phi) is 4.84. The Hall–Kier alpha value is -2.75. The molecule has 0 aliphatic heterocycles. The Balaban J connectivity index is 2.71. The summed E-state index contributed by atoms with van der Waals surface area (Å²) in [5.74, 6) is -0.294. The molecule has 0 heterocycles. The van der Waals surface area contributed by atoms with Crippen molar-refractivity contribution in [2.24, 2.45) is 0 Å². The Labute approximate surface area is 129 Å². The van der Waals surface area contributed by atoms with Gasteiger partial charge >= 0.3 is 5.97 Å². The zero-order valence-electron chi connectivity index (χ0n) is 12.8. The van der Waals surface area contributed by atoms with E-state index in [1.165, 1.54) is 20.3 Å². The summed E-state index contributed by atoms with van der Waals surface area (Å²) < 4.78 is 9.99. The SMILES string of the molecule is C/C=C(\c1ccccc1)c1cc(OC)cc(O)c1C(=O)OC. The number of ether oxygens (including phenoxy) is 2. The van der Waals surface area contributed by atoms with Crippen molar-refractivity contribution >= 4 is 11.5 Å². The van der Waals surface area contributed by atoms with Crippen molar-refractivity contribution in [1.82, 2.24) is 0 Å². The molecule has 0 spiro atoms. The third-order valence-electron chi connectivity index (χ3n) is 3.38. The third kappa shape index (κ3) is 2.96. The van der Waals surface area contributed by atoms with Crippen LogP contribution >= 0.6 is 0 Å². The van der Waals surface area contributed by atoms with E-state index in [0.29, 0.717) is 11.3 Å². The van der Waals surface area contributed by atoms with Crippen molar-refractivity contribution in [2.45, 2.75) is 6.92 Å². The third-order valence-corrected chi connectivity index (χ3v) is 3.38. The highest BCUT2D eigenvalue weighted by molar-refractivity contribution is 6.00. The van der Waals surface area contributed by atoms with Gasteiger partial charge in [-0.25, -0.2) is 4.79 Å². The zero-order valence-corrected chi connectivity index (χ0v) is 12.8. The maximum Gasteiger partial charge on any atom is 0.342 e. The molecule has 0 saturated heterocycles. The first-order valence-electron chi connectivity index (χ1n) is 6.83. The summed E-state index contributed by atoms with van der Waals surface area (Å²) in [6, 6.07) is 12.7. The fourth-order valence-corrected chi connectivity index (χ4v) is 2.34. The first-order chi connectivity index (χ1) is 10.6. The van der Waals surface area contributed by atoms with Gasteiger partial charge < -0.3 is 14.6 Å². The molecule has 4 nitrogen and oxygen atoms in total. The highest BCUT2D eigenvalue weighted by Gasteiger charge is 2.21. The molecular formula is C18H18O4. The number of rotatable bonds is 4. The molecular weight excluding hydrogens is 280 g/mol. The normalized spacial score (nSPS) is 11.1. The second-order valence-electron chi connectivity index (χ2n) is 4.63. The Morgan fingerprint density at radius 2 is 1.82 bits per heavy atom. The Bertz CT molecular complexity index is 703. The molecule has 0 fully saturated rings. The van der Waals surface area contributed by atoms with E-state index in [1.807, 2.05) is 43.3 Å². The van der Waals surface area contributed by atoms with Crippen LogP contribution < -0.4 is 4.74 Å². The molecule has 0 radical (unpaired) electrons. The van der Waals surface area contributed by atoms with Gasteiger partial charge in [0.15, 0.2) is 0 Å². The minimum absolute atomic E-state index is 0.125. The molecule has 0 amide bonds. The average molecular weight is 298 g/mol. The van der Waals surface area contributed by atoms with Crippen LogP contribution in [0.3, 0.4) is 0 Å². The van der Waals surface area contributed by atoms with Crippen LogP contribution in [0.1, 0.15) is 28.4 Å². The minimum Gasteiger partial charge on any atom is -0.507 e. The molecule has 0 bridgehead atoms. The largest absolute Gasteiger partial charge is 0.507 e. The molecule has 0 aliphatic carbocycles. The van der Waals surface area contributed by atoms with Crippen LogP contribution in [-0.4, -0.2) is 25.3 Å². The number of carbonyl (C=O) groups is 1. The van der Waals surface area contributed by atoms with Crippen molar-refractivity contribution < 1.29 is 19.4 Å². The molecule has 2 aromatic rings. The Morgan fingerprint density at radius 3 is 2.36 bits per heavy atom. The standard InChI is InChI=1S/C18H18O4/c1-4-14(12-8-6-5-7-9-12)15-10-13(21-2)11-16(19)17(15)18(20)22-3/h4-11,19H,1-3H3/b14-4+. The monoisotopic (exact) mass is 298 g/mol. The van der Waals surface area contributed by atoms with E-state index in [1.54, 1.807) is 6.07 Å². The van der Waals surface area contributed by atoms with E-state index in [-0.39, 0.29) is 11.3 Å². The molecule has 0 aliphatic rings. The molecule has 22 heavy (non-hydrogen) atoms. The molecule has 0 atom stereocenters. The highest BCUT2D eigenvalue weighted by Crippen LogP contribution is 2.35. The summed E-state index contributed by atoms with van der Waals surface area (Å²) in [4.78, 5) is 12.1. The number of esters is 1. The van der Waals surface area contributed by atoms with E-state index in [0.717, 1.165) is 11.1 Å². The minimum atomic E-state index is -0.592. The van der Waals surface area contributed by atoms with Crippen LogP contribution in [0.25, 0.3) is 5.57 Å². The number of hydrogen-bond acceptors (Lipinski definition) is 4. The lowest BCUT2D eigenvalue weighted by molar-refractivity contribution is 0.0597. The highest BCUT2D eigenvalue weighted by atomic mass is 16.5. The maximum atomic E-state index is 12.1. The topological polar surface area (TPSA) is 55.8 Å². The van der Waals surface area contributed by atoms with Gasteiger partial charge in [0.25, 0.3) is 0 Å². The van der Waals surface area contributed by atoms with Gasteiger partial charge in [0, 0.05) is 11.6 Å². The zero-order chi connectivity index (χ0) is 16.1. The predicted molar refractivity (Wildman–Crippen MR) is 85.2 cm³/mol. The van der Waals surface area contributed by atoms with E-state index >= 15 is 0 Å². The first-order valence-corrected chi connectivity index (χ1v) is 6.83. The van der Waals surface area contributed by atoms with Crippen molar-refractivity contribution in [1.29, 1.82) is 0 Å². The van der Waals surface area contributed by atoms with Gasteiger partial charge in [-0.15, -0.1) is 0 Å². The summed E-state index contributed by atoms with van der Waals surface area (Å²) in [6.07, 6.45) is 1.88. The summed E-state index contributed by atoms with van der Waals surface area (Å²) >= 11 is 0. The molecule has 114 valence electrons. The van der Waals surface area contributed by atoms with E-state index in [9.17, 15) is 9.90 Å². The maximum absolute atomic E-state index is 12.1. The molecule has 1 N–H and O–H groups in total. The van der Waals surface area contributed by atoms with Crippen molar-refractivity contribution in [3.8, 4) is 11.5 Å². The number of allylic oxidation sites excluding steroid dienone is 1. The number of methoxy groups -OCH3 is 2. The van der Waals surface area contributed by atoms with Gasteiger partial charge in [0.05, 0.1) is 14.2 Å². The number of phenolic OH excluding ortho intramolecular Hbond substituents is 1. The summed E-state index contributed by atoms with van der Waals surface area (Å²) in [5.41, 5.74) is 2.44. The van der Waals surface area contributed by atoms with Crippen LogP contribution in [0.2, 0.25) is 0 Å². The second-order valence-corrected chi connectivity index (χ2v) is 4.63. The number of hydrogen-bond donors (Lipinski definition) is 1. The lowest BCUT2D eigenvalue weighted by Crippen LogP contribution is -2.07. The molecule has 0 aromatic heterocycles. The van der Waals surface area contributed by atoms with Crippen LogP contribution in [0, 0.1) is 0 Å². The fourth-order valence-electron chi connectivity index (χ4n) is 2.34. The number of carbonyl (C=O) groups excluding carboxylic acids is 1. The second kappa shape index (κ2) is 6.80. The van der Waals surface area contributed by atoms with Crippen LogP contribution in [0.5, 0.6) is 11.5 Å². The van der Waals surface area contributed by atoms with E-state index in [2.05, 4.69) is 0 Å². The van der Waals surface area contributed by atoms with Crippen molar-refractivity contribution in [3.05, 3.63) is 65.2 Å². The fraction of sp³-hybridized carbons (Fsp3) is 0.167. The van der Waals surface area contributed by atoms with Gasteiger partial charge in [0.1, 0.15) is 17.1 Å². The number of phenols is 1. The smallest absolute Gasteiger partial charge is 0.342 e. The van der Waals surface area contributed by atoms with Crippen LogP contribution in [0.15, 0.2) is 48.5 Å². The van der Waals surface area contributed by atoms with Gasteiger partial charge in [-0.2, -0.15) is 0 Å². The predicted octanol–water partition coefficient (Wildman–Crippen LogP) is 3.64. The Morgan fingerprint density at radius 1 is 1.14 bits per heavy atom. The molecule has 4 heteroatoms. The molecule has 2 aromatic carbocycles. The average Bonchev–Trinajstić information content (AvgIpc) is 2.55. The quantitative estimate of drug-likeness (QED) is 0.876. The molecule has 2 rings (SSSR count). The summed E-state index contributed by atoms with van der Waals surface area (Å²) in [5, 5.41) is 10.2. The first kappa shape index (κ1) is 15.6.